The van der Waals surface area contributed by atoms with Crippen LogP contribution in [0.3, 0.4) is 0 Å². The number of halogens is 1. The van der Waals surface area contributed by atoms with E-state index in [1.165, 1.54) is 11.1 Å². The molecule has 1 rings (SSSR count). The van der Waals surface area contributed by atoms with Gasteiger partial charge in [-0.15, -0.1) is 12.4 Å². The molecule has 0 N–H and O–H groups in total. The fourth-order valence-corrected chi connectivity index (χ4v) is 2.18. The highest BCUT2D eigenvalue weighted by molar-refractivity contribution is 5.85. The van der Waals surface area contributed by atoms with Crippen molar-refractivity contribution in [3.63, 3.8) is 0 Å². The number of nitrogens with zero attached hydrogens (tertiary/aromatic N) is 1. The lowest BCUT2D eigenvalue weighted by atomic mass is 9.93. The van der Waals surface area contributed by atoms with Crippen LogP contribution in [0, 0.1) is 5.92 Å². The van der Waals surface area contributed by atoms with Crippen LogP contribution < -0.4 is 4.74 Å². The predicted octanol–water partition coefficient (Wildman–Crippen LogP) is 3.72. The van der Waals surface area contributed by atoms with Gasteiger partial charge >= 0.3 is 0 Å². The molecule has 0 heterocycles. The second-order valence-corrected chi connectivity index (χ2v) is 4.64. The second-order valence-electron chi connectivity index (χ2n) is 4.64. The molecule has 0 aliphatic carbocycles. The van der Waals surface area contributed by atoms with Crippen LogP contribution in [-0.4, -0.2) is 32.6 Å². The Morgan fingerprint density at radius 3 is 2.56 bits per heavy atom. The van der Waals surface area contributed by atoms with Gasteiger partial charge in [-0.1, -0.05) is 25.1 Å². The van der Waals surface area contributed by atoms with Crippen molar-refractivity contribution in [1.82, 2.24) is 4.90 Å². The number of hydrogen-bond acceptors (Lipinski definition) is 2. The summed E-state index contributed by atoms with van der Waals surface area (Å²) in [5.74, 6) is 1.43. The van der Waals surface area contributed by atoms with Gasteiger partial charge in [0, 0.05) is 6.54 Å². The van der Waals surface area contributed by atoms with Crippen molar-refractivity contribution < 1.29 is 4.74 Å². The van der Waals surface area contributed by atoms with Gasteiger partial charge in [0.05, 0.1) is 7.11 Å². The standard InChI is InChI=1S/C15H23NO.ClH/c1-6-15(12(2)11-16(3)4)13-8-7-9-14(10-13)17-5;/h6-10,12H,11H2,1-5H3;1H. The van der Waals surface area contributed by atoms with E-state index in [4.69, 9.17) is 4.74 Å². The normalized spacial score (nSPS) is 13.1. The first-order chi connectivity index (χ1) is 8.08. The largest absolute Gasteiger partial charge is 0.497 e. The molecule has 102 valence electrons. The Balaban J connectivity index is 0.00000289. The predicted molar refractivity (Wildman–Crippen MR) is 81.6 cm³/mol. The van der Waals surface area contributed by atoms with Gasteiger partial charge in [0.15, 0.2) is 0 Å². The molecule has 1 aromatic rings. The van der Waals surface area contributed by atoms with Gasteiger partial charge in [-0.25, -0.2) is 0 Å². The zero-order chi connectivity index (χ0) is 12.8. The summed E-state index contributed by atoms with van der Waals surface area (Å²) in [5.41, 5.74) is 2.62. The van der Waals surface area contributed by atoms with Gasteiger partial charge in [0.25, 0.3) is 0 Å². The maximum absolute atomic E-state index is 5.27. The Morgan fingerprint density at radius 1 is 1.39 bits per heavy atom. The van der Waals surface area contributed by atoms with Crippen LogP contribution in [0.5, 0.6) is 5.75 Å². The van der Waals surface area contributed by atoms with Crippen LogP contribution in [0.15, 0.2) is 30.3 Å². The van der Waals surface area contributed by atoms with E-state index >= 15 is 0 Å². The van der Waals surface area contributed by atoms with Gasteiger partial charge in [-0.3, -0.25) is 0 Å². The van der Waals surface area contributed by atoms with Crippen molar-refractivity contribution in [2.24, 2.45) is 5.92 Å². The Morgan fingerprint density at radius 2 is 2.06 bits per heavy atom. The van der Waals surface area contributed by atoms with Crippen molar-refractivity contribution in [2.45, 2.75) is 13.8 Å². The zero-order valence-electron chi connectivity index (χ0n) is 11.9. The molecule has 0 aliphatic heterocycles. The molecule has 0 saturated carbocycles. The van der Waals surface area contributed by atoms with E-state index in [1.807, 2.05) is 12.1 Å². The van der Waals surface area contributed by atoms with Crippen LogP contribution >= 0.6 is 12.4 Å². The fourth-order valence-electron chi connectivity index (χ4n) is 2.18. The third-order valence-electron chi connectivity index (χ3n) is 2.88. The van der Waals surface area contributed by atoms with E-state index in [9.17, 15) is 0 Å². The van der Waals surface area contributed by atoms with E-state index in [-0.39, 0.29) is 12.4 Å². The lowest BCUT2D eigenvalue weighted by Crippen LogP contribution is -2.20. The summed E-state index contributed by atoms with van der Waals surface area (Å²) in [5, 5.41) is 0. The van der Waals surface area contributed by atoms with Crippen molar-refractivity contribution >= 4 is 18.0 Å². The number of hydrogen-bond donors (Lipinski definition) is 0. The third-order valence-corrected chi connectivity index (χ3v) is 2.88. The van der Waals surface area contributed by atoms with Gasteiger partial charge < -0.3 is 9.64 Å². The maximum atomic E-state index is 5.27. The van der Waals surface area contributed by atoms with Crippen LogP contribution in [0.2, 0.25) is 0 Å². The third kappa shape index (κ3) is 4.71. The van der Waals surface area contributed by atoms with Crippen molar-refractivity contribution in [2.75, 3.05) is 27.7 Å². The average Bonchev–Trinajstić information content (AvgIpc) is 2.29. The maximum Gasteiger partial charge on any atom is 0.119 e. The van der Waals surface area contributed by atoms with Crippen molar-refractivity contribution in [1.29, 1.82) is 0 Å². The monoisotopic (exact) mass is 269 g/mol. The van der Waals surface area contributed by atoms with Crippen LogP contribution in [0.4, 0.5) is 0 Å². The van der Waals surface area contributed by atoms with E-state index in [0.29, 0.717) is 5.92 Å². The highest BCUT2D eigenvalue weighted by Gasteiger charge is 2.11. The quantitative estimate of drug-likeness (QED) is 0.808. The summed E-state index contributed by atoms with van der Waals surface area (Å²) in [6, 6.07) is 8.26. The molecule has 0 fully saturated rings. The minimum absolute atomic E-state index is 0. The summed E-state index contributed by atoms with van der Waals surface area (Å²) in [4.78, 5) is 2.22. The lowest BCUT2D eigenvalue weighted by Gasteiger charge is -2.20. The molecule has 0 aromatic heterocycles. The first-order valence-corrected chi connectivity index (χ1v) is 6.03. The van der Waals surface area contributed by atoms with Crippen molar-refractivity contribution in [3.8, 4) is 5.75 Å². The molecule has 0 spiro atoms. The average molecular weight is 270 g/mol. The highest BCUT2D eigenvalue weighted by atomic mass is 35.5. The van der Waals surface area contributed by atoms with Gasteiger partial charge in [0.1, 0.15) is 5.75 Å². The highest BCUT2D eigenvalue weighted by Crippen LogP contribution is 2.26. The molecule has 1 atom stereocenters. The Bertz CT molecular complexity index is 388. The summed E-state index contributed by atoms with van der Waals surface area (Å²) in [7, 11) is 5.92. The molecular formula is C15H24ClNO. The van der Waals surface area contributed by atoms with E-state index in [2.05, 4.69) is 51.1 Å². The number of rotatable bonds is 5. The molecule has 1 unspecified atom stereocenters. The number of methoxy groups -OCH3 is 1. The SMILES string of the molecule is CC=C(c1cccc(OC)c1)C(C)CN(C)C.Cl. The lowest BCUT2D eigenvalue weighted by molar-refractivity contribution is 0.375. The molecular weight excluding hydrogens is 246 g/mol. The first kappa shape index (κ1) is 17.0. The number of ether oxygens (including phenoxy) is 1. The Labute approximate surface area is 117 Å². The smallest absolute Gasteiger partial charge is 0.119 e. The molecule has 0 aliphatic rings. The van der Waals surface area contributed by atoms with Crippen LogP contribution in [-0.2, 0) is 0 Å². The van der Waals surface area contributed by atoms with Crippen molar-refractivity contribution in [3.05, 3.63) is 35.9 Å². The molecule has 18 heavy (non-hydrogen) atoms. The van der Waals surface area contributed by atoms with E-state index in [1.54, 1.807) is 7.11 Å². The number of benzene rings is 1. The molecule has 1 aromatic carbocycles. The molecule has 0 amide bonds. The molecule has 3 heteroatoms. The second kappa shape index (κ2) is 8.17. The summed E-state index contributed by atoms with van der Waals surface area (Å²) < 4.78 is 5.27. The minimum atomic E-state index is 0. The van der Waals surface area contributed by atoms with Gasteiger partial charge in [-0.2, -0.15) is 0 Å². The Kier molecular flexibility index (Phi) is 7.72. The van der Waals surface area contributed by atoms with E-state index in [0.717, 1.165) is 12.3 Å². The summed E-state index contributed by atoms with van der Waals surface area (Å²) in [6.45, 7) is 5.41. The summed E-state index contributed by atoms with van der Waals surface area (Å²) >= 11 is 0. The molecule has 0 radical (unpaired) electrons. The minimum Gasteiger partial charge on any atom is -0.497 e. The summed E-state index contributed by atoms with van der Waals surface area (Å²) in [6.07, 6.45) is 2.20. The topological polar surface area (TPSA) is 12.5 Å². The van der Waals surface area contributed by atoms with Crippen LogP contribution in [0.1, 0.15) is 19.4 Å². The number of allylic oxidation sites excluding steroid dienone is 1. The molecule has 0 saturated heterocycles. The first-order valence-electron chi connectivity index (χ1n) is 6.03. The molecule has 2 nitrogen and oxygen atoms in total. The van der Waals surface area contributed by atoms with E-state index < -0.39 is 0 Å². The van der Waals surface area contributed by atoms with Gasteiger partial charge in [0.2, 0.25) is 0 Å². The van der Waals surface area contributed by atoms with Gasteiger partial charge in [-0.05, 0) is 50.2 Å². The fraction of sp³-hybridized carbons (Fsp3) is 0.467. The zero-order valence-corrected chi connectivity index (χ0v) is 12.8. The molecule has 0 bridgehead atoms. The van der Waals surface area contributed by atoms with Crippen LogP contribution in [0.25, 0.3) is 5.57 Å². The Hall–Kier alpha value is -0.990.